The van der Waals surface area contributed by atoms with Gasteiger partial charge in [-0.3, -0.25) is 4.79 Å². The standard InChI is InChI=1S/C27H30N2O6/c1-34-24(26(31)32)13-28-25(30)16-10-15-12-23(21(15)11-16)29-27(33)35-14-22-19-8-4-2-6-17(19)18-7-3-5-9-20(18)22/h2-9,15-16,21-24H,10-14H2,1H3,(H,28,30)(H,29,33)(H,31,32)/t15-,16?,21-,23+,24?/m0/s1. The summed E-state index contributed by atoms with van der Waals surface area (Å²) in [7, 11) is 1.31. The van der Waals surface area contributed by atoms with Crippen LogP contribution in [0.4, 0.5) is 4.79 Å². The maximum atomic E-state index is 12.6. The van der Waals surface area contributed by atoms with Gasteiger partial charge < -0.3 is 25.2 Å². The van der Waals surface area contributed by atoms with Crippen LogP contribution in [0.25, 0.3) is 11.1 Å². The van der Waals surface area contributed by atoms with E-state index in [9.17, 15) is 14.4 Å². The number of carboxylic acid groups (broad SMARTS) is 1. The van der Waals surface area contributed by atoms with E-state index in [1.807, 2.05) is 24.3 Å². The van der Waals surface area contributed by atoms with Gasteiger partial charge in [-0.15, -0.1) is 0 Å². The Labute approximate surface area is 204 Å². The zero-order valence-electron chi connectivity index (χ0n) is 19.6. The number of nitrogens with one attached hydrogen (secondary N) is 2. The second-order valence-electron chi connectivity index (χ2n) is 9.71. The molecule has 3 aliphatic carbocycles. The lowest BCUT2D eigenvalue weighted by Gasteiger charge is -2.40. The normalized spacial score (nSPS) is 24.9. The van der Waals surface area contributed by atoms with Crippen molar-refractivity contribution in [3.8, 4) is 11.1 Å². The summed E-state index contributed by atoms with van der Waals surface area (Å²) in [4.78, 5) is 36.2. The lowest BCUT2D eigenvalue weighted by atomic mass is 9.71. The van der Waals surface area contributed by atoms with Crippen molar-refractivity contribution in [3.05, 3.63) is 59.7 Å². The average Bonchev–Trinajstić information content (AvgIpc) is 3.36. The van der Waals surface area contributed by atoms with E-state index in [2.05, 4.69) is 34.9 Å². The summed E-state index contributed by atoms with van der Waals surface area (Å²) in [6, 6.07) is 16.5. The number of fused-ring (bicyclic) bond motifs is 4. The summed E-state index contributed by atoms with van der Waals surface area (Å²) in [6.45, 7) is 0.216. The van der Waals surface area contributed by atoms with Crippen molar-refractivity contribution in [2.24, 2.45) is 17.8 Å². The molecular weight excluding hydrogens is 448 g/mol. The zero-order chi connectivity index (χ0) is 24.5. The van der Waals surface area contributed by atoms with Crippen molar-refractivity contribution < 1.29 is 29.0 Å². The molecule has 0 aromatic heterocycles. The number of hydrogen-bond donors (Lipinski definition) is 3. The van der Waals surface area contributed by atoms with E-state index in [0.717, 1.165) is 12.8 Å². The van der Waals surface area contributed by atoms with Gasteiger partial charge in [0.1, 0.15) is 6.61 Å². The van der Waals surface area contributed by atoms with Crippen molar-refractivity contribution in [1.82, 2.24) is 10.6 Å². The van der Waals surface area contributed by atoms with Gasteiger partial charge in [-0.2, -0.15) is 0 Å². The molecule has 2 saturated carbocycles. The Bertz CT molecular complexity index is 1090. The smallest absolute Gasteiger partial charge is 0.407 e. The lowest BCUT2D eigenvalue weighted by molar-refractivity contribution is -0.148. The quantitative estimate of drug-likeness (QED) is 0.537. The van der Waals surface area contributed by atoms with Gasteiger partial charge >= 0.3 is 12.1 Å². The fourth-order valence-electron chi connectivity index (χ4n) is 6.01. The van der Waals surface area contributed by atoms with E-state index >= 15 is 0 Å². The number of carbonyl (C=O) groups excluding carboxylic acids is 2. The fourth-order valence-corrected chi connectivity index (χ4v) is 6.01. The molecule has 8 heteroatoms. The van der Waals surface area contributed by atoms with Gasteiger partial charge in [0.2, 0.25) is 5.91 Å². The van der Waals surface area contributed by atoms with E-state index in [1.165, 1.54) is 29.4 Å². The summed E-state index contributed by atoms with van der Waals surface area (Å²) < 4.78 is 10.5. The number of carboxylic acids is 1. The van der Waals surface area contributed by atoms with Crippen LogP contribution in [-0.4, -0.2) is 55.5 Å². The Kier molecular flexibility index (Phi) is 6.47. The monoisotopic (exact) mass is 478 g/mol. The molecule has 0 heterocycles. The summed E-state index contributed by atoms with van der Waals surface area (Å²) in [5.41, 5.74) is 4.73. The summed E-state index contributed by atoms with van der Waals surface area (Å²) in [5, 5.41) is 14.7. The Hall–Kier alpha value is -3.39. The molecule has 3 N–H and O–H groups in total. The van der Waals surface area contributed by atoms with Crippen LogP contribution in [0.2, 0.25) is 0 Å². The first-order valence-electron chi connectivity index (χ1n) is 12.1. The van der Waals surface area contributed by atoms with Crippen LogP contribution < -0.4 is 10.6 Å². The molecule has 5 rings (SSSR count). The molecule has 8 nitrogen and oxygen atoms in total. The second kappa shape index (κ2) is 9.70. The molecule has 0 aliphatic heterocycles. The average molecular weight is 479 g/mol. The Morgan fingerprint density at radius 2 is 1.66 bits per heavy atom. The lowest BCUT2D eigenvalue weighted by Crippen LogP contribution is -2.50. The molecular formula is C27H30N2O6. The van der Waals surface area contributed by atoms with Gasteiger partial charge in [0.15, 0.2) is 6.10 Å². The topological polar surface area (TPSA) is 114 Å². The molecule has 2 aromatic rings. The van der Waals surface area contributed by atoms with Gasteiger partial charge in [0.05, 0.1) is 6.54 Å². The van der Waals surface area contributed by atoms with Gasteiger partial charge in [-0.1, -0.05) is 48.5 Å². The van der Waals surface area contributed by atoms with Crippen molar-refractivity contribution >= 4 is 18.0 Å². The minimum absolute atomic E-state index is 0.000747. The Balaban J connectivity index is 1.11. The van der Waals surface area contributed by atoms with Crippen molar-refractivity contribution in [2.45, 2.75) is 37.3 Å². The fraction of sp³-hybridized carbons (Fsp3) is 0.444. The maximum absolute atomic E-state index is 12.6. The van der Waals surface area contributed by atoms with Gasteiger partial charge in [-0.05, 0) is 53.4 Å². The highest BCUT2D eigenvalue weighted by Gasteiger charge is 2.50. The number of alkyl carbamates (subject to hydrolysis) is 1. The molecule has 0 spiro atoms. The van der Waals surface area contributed by atoms with Gasteiger partial charge in [-0.25, -0.2) is 9.59 Å². The minimum atomic E-state index is -1.10. The molecule has 184 valence electrons. The third-order valence-electron chi connectivity index (χ3n) is 7.86. The SMILES string of the molecule is COC(CNC(=O)C1C[C@H]2C[C@@H](NC(=O)OCC3c4ccccc4-c4ccccc43)[C@H]2C1)C(=O)O. The van der Waals surface area contributed by atoms with Crippen LogP contribution in [0.5, 0.6) is 0 Å². The molecule has 2 aromatic carbocycles. The number of ether oxygens (including phenoxy) is 2. The number of methoxy groups -OCH3 is 1. The van der Waals surface area contributed by atoms with E-state index in [1.54, 1.807) is 0 Å². The van der Waals surface area contributed by atoms with Crippen molar-refractivity contribution in [2.75, 3.05) is 20.3 Å². The van der Waals surface area contributed by atoms with Gasteiger partial charge in [0.25, 0.3) is 0 Å². The van der Waals surface area contributed by atoms with Crippen LogP contribution in [0.15, 0.2) is 48.5 Å². The maximum Gasteiger partial charge on any atom is 0.407 e. The molecule has 0 bridgehead atoms. The van der Waals surface area contributed by atoms with Crippen molar-refractivity contribution in [3.63, 3.8) is 0 Å². The number of benzene rings is 2. The highest BCUT2D eigenvalue weighted by Crippen LogP contribution is 2.50. The molecule has 3 aliphatic rings. The van der Waals surface area contributed by atoms with E-state index in [0.29, 0.717) is 12.3 Å². The van der Waals surface area contributed by atoms with E-state index in [4.69, 9.17) is 14.6 Å². The summed E-state index contributed by atoms with van der Waals surface area (Å²) >= 11 is 0. The van der Waals surface area contributed by atoms with Crippen LogP contribution in [0, 0.1) is 17.8 Å². The third kappa shape index (κ3) is 4.50. The first-order valence-corrected chi connectivity index (χ1v) is 12.1. The Morgan fingerprint density at radius 1 is 1.00 bits per heavy atom. The van der Waals surface area contributed by atoms with Crippen LogP contribution in [0.1, 0.15) is 36.3 Å². The molecule has 2 fully saturated rings. The largest absolute Gasteiger partial charge is 0.479 e. The predicted octanol–water partition coefficient (Wildman–Crippen LogP) is 3.16. The van der Waals surface area contributed by atoms with Crippen LogP contribution >= 0.6 is 0 Å². The summed E-state index contributed by atoms with van der Waals surface area (Å²) in [6.07, 6.45) is 0.779. The van der Waals surface area contributed by atoms with E-state index < -0.39 is 18.2 Å². The highest BCUT2D eigenvalue weighted by atomic mass is 16.5. The first-order chi connectivity index (χ1) is 17.0. The number of amides is 2. The number of rotatable bonds is 8. The van der Waals surface area contributed by atoms with Gasteiger partial charge in [0, 0.05) is 25.0 Å². The highest BCUT2D eigenvalue weighted by molar-refractivity contribution is 5.81. The number of aliphatic carboxylic acids is 1. The molecule has 2 unspecified atom stereocenters. The minimum Gasteiger partial charge on any atom is -0.479 e. The first kappa shape index (κ1) is 23.4. The van der Waals surface area contributed by atoms with Crippen molar-refractivity contribution in [1.29, 1.82) is 0 Å². The van der Waals surface area contributed by atoms with Crippen LogP contribution in [0.3, 0.4) is 0 Å². The molecule has 5 atom stereocenters. The third-order valence-corrected chi connectivity index (χ3v) is 7.86. The van der Waals surface area contributed by atoms with Crippen LogP contribution in [-0.2, 0) is 19.1 Å². The Morgan fingerprint density at radius 3 is 2.29 bits per heavy atom. The number of carbonyl (C=O) groups is 3. The molecule has 0 saturated heterocycles. The molecule has 2 amide bonds. The zero-order valence-corrected chi connectivity index (χ0v) is 19.6. The second-order valence-corrected chi connectivity index (χ2v) is 9.71. The molecule has 35 heavy (non-hydrogen) atoms. The summed E-state index contributed by atoms with van der Waals surface area (Å²) in [5.74, 6) is -0.783. The number of hydrogen-bond acceptors (Lipinski definition) is 5. The predicted molar refractivity (Wildman–Crippen MR) is 128 cm³/mol. The molecule has 0 radical (unpaired) electrons. The van der Waals surface area contributed by atoms with E-state index in [-0.39, 0.29) is 42.9 Å².